The van der Waals surface area contributed by atoms with E-state index in [1.165, 1.54) is 0 Å². The lowest BCUT2D eigenvalue weighted by Crippen LogP contribution is -2.40. The number of hydrogen-bond donors (Lipinski definition) is 0. The first-order valence-corrected chi connectivity index (χ1v) is 9.80. The zero-order valence-electron chi connectivity index (χ0n) is 12.7. The van der Waals surface area contributed by atoms with Crippen LogP contribution in [0.15, 0.2) is 0 Å². The predicted octanol–water partition coefficient (Wildman–Crippen LogP) is 3.53. The number of ether oxygens (including phenoxy) is 1. The molecule has 0 aliphatic carbocycles. The van der Waals surface area contributed by atoms with E-state index in [-0.39, 0.29) is 16.7 Å². The van der Waals surface area contributed by atoms with E-state index in [9.17, 15) is 4.79 Å². The van der Waals surface area contributed by atoms with Gasteiger partial charge in [0.2, 0.25) is 0 Å². The van der Waals surface area contributed by atoms with Crippen LogP contribution in [0.5, 0.6) is 0 Å². The lowest BCUT2D eigenvalue weighted by molar-refractivity contribution is -0.108. The molecule has 0 spiro atoms. The lowest BCUT2D eigenvalue weighted by atomic mass is 10.0. The molecule has 0 aromatic heterocycles. The molecule has 3 nitrogen and oxygen atoms in total. The highest BCUT2D eigenvalue weighted by molar-refractivity contribution is 6.74. The van der Waals surface area contributed by atoms with Crippen molar-refractivity contribution in [3.05, 3.63) is 0 Å². The first-order chi connectivity index (χ1) is 8.12. The van der Waals surface area contributed by atoms with Gasteiger partial charge < -0.3 is 14.0 Å². The maximum absolute atomic E-state index is 10.6. The highest BCUT2D eigenvalue weighted by atomic mass is 28.4. The molecule has 2 atom stereocenters. The second-order valence-corrected chi connectivity index (χ2v) is 11.9. The summed E-state index contributed by atoms with van der Waals surface area (Å²) in [6.45, 7) is 14.2. The molecular formula is C14H28O3Si. The van der Waals surface area contributed by atoms with Gasteiger partial charge in [0.1, 0.15) is 6.10 Å². The fourth-order valence-corrected chi connectivity index (χ4v) is 2.84. The Morgan fingerprint density at radius 2 is 1.94 bits per heavy atom. The average Bonchev–Trinajstić information content (AvgIpc) is 2.87. The molecule has 1 saturated heterocycles. The molecule has 0 saturated carbocycles. The molecule has 1 heterocycles. The van der Waals surface area contributed by atoms with Gasteiger partial charge in [-0.15, -0.1) is 0 Å². The number of rotatable bonds is 7. The van der Waals surface area contributed by atoms with Crippen LogP contribution in [0.3, 0.4) is 0 Å². The zero-order chi connectivity index (χ0) is 14.0. The van der Waals surface area contributed by atoms with Gasteiger partial charge in [-0.05, 0) is 44.3 Å². The molecule has 106 valence electrons. The van der Waals surface area contributed by atoms with E-state index in [1.807, 2.05) is 6.92 Å². The summed E-state index contributed by atoms with van der Waals surface area (Å²) in [7, 11) is -1.59. The third-order valence-corrected chi connectivity index (χ3v) is 8.94. The maximum Gasteiger partial charge on any atom is 0.191 e. The third-order valence-electron chi connectivity index (χ3n) is 4.40. The summed E-state index contributed by atoms with van der Waals surface area (Å²) in [5, 5.41) is 0.279. The molecular weight excluding hydrogens is 244 g/mol. The van der Waals surface area contributed by atoms with Crippen molar-refractivity contribution >= 4 is 14.6 Å². The van der Waals surface area contributed by atoms with Crippen LogP contribution in [0, 0.1) is 0 Å². The quantitative estimate of drug-likeness (QED) is 0.308. The Bertz CT molecular complexity index is 296. The molecule has 1 rings (SSSR count). The molecule has 0 aromatic rings. The summed E-state index contributed by atoms with van der Waals surface area (Å²) in [6, 6.07) is 0. The standard InChI is InChI=1S/C14H28O3Si/c1-13(2,3)18(5,6)16-10-8-7-9-14(4)12(11-15)17-14/h11-12H,7-10H2,1-6H3/t12-,14?/m0/s1. The summed E-state index contributed by atoms with van der Waals surface area (Å²) in [5.41, 5.74) is -0.182. The van der Waals surface area contributed by atoms with Crippen molar-refractivity contribution in [2.45, 2.75) is 76.8 Å². The van der Waals surface area contributed by atoms with E-state index in [4.69, 9.17) is 9.16 Å². The molecule has 18 heavy (non-hydrogen) atoms. The van der Waals surface area contributed by atoms with Crippen molar-refractivity contribution in [2.75, 3.05) is 6.61 Å². The Labute approximate surface area is 112 Å². The molecule has 4 heteroatoms. The second kappa shape index (κ2) is 5.43. The largest absolute Gasteiger partial charge is 0.417 e. The van der Waals surface area contributed by atoms with E-state index >= 15 is 0 Å². The fourth-order valence-electron chi connectivity index (χ4n) is 1.75. The number of carbonyl (C=O) groups excluding carboxylic acids is 1. The van der Waals surface area contributed by atoms with Crippen LogP contribution in [0.2, 0.25) is 18.1 Å². The van der Waals surface area contributed by atoms with Gasteiger partial charge >= 0.3 is 0 Å². The summed E-state index contributed by atoms with van der Waals surface area (Å²) >= 11 is 0. The monoisotopic (exact) mass is 272 g/mol. The van der Waals surface area contributed by atoms with Crippen LogP contribution in [-0.2, 0) is 14.0 Å². The van der Waals surface area contributed by atoms with Gasteiger partial charge in [0.05, 0.1) is 5.60 Å². The molecule has 1 unspecified atom stereocenters. The van der Waals surface area contributed by atoms with Crippen molar-refractivity contribution in [3.63, 3.8) is 0 Å². The average molecular weight is 272 g/mol. The molecule has 0 amide bonds. The van der Waals surface area contributed by atoms with Gasteiger partial charge in [-0.25, -0.2) is 0 Å². The van der Waals surface area contributed by atoms with Gasteiger partial charge in [-0.1, -0.05) is 20.8 Å². The second-order valence-electron chi connectivity index (χ2n) is 7.05. The number of epoxide rings is 1. The van der Waals surface area contributed by atoms with Gasteiger partial charge in [0.15, 0.2) is 14.6 Å². The Morgan fingerprint density at radius 3 is 2.39 bits per heavy atom. The van der Waals surface area contributed by atoms with Crippen molar-refractivity contribution in [1.29, 1.82) is 0 Å². The number of aldehydes is 1. The van der Waals surface area contributed by atoms with E-state index in [0.717, 1.165) is 32.2 Å². The summed E-state index contributed by atoms with van der Waals surface area (Å²) in [4.78, 5) is 10.6. The normalized spacial score (nSPS) is 28.2. The van der Waals surface area contributed by atoms with Crippen LogP contribution in [0.4, 0.5) is 0 Å². The van der Waals surface area contributed by atoms with E-state index in [0.29, 0.717) is 0 Å². The molecule has 0 N–H and O–H groups in total. The highest BCUT2D eigenvalue weighted by Gasteiger charge is 2.51. The topological polar surface area (TPSA) is 38.8 Å². The first-order valence-electron chi connectivity index (χ1n) is 6.89. The number of hydrogen-bond acceptors (Lipinski definition) is 3. The minimum absolute atomic E-state index is 0.168. The molecule has 0 radical (unpaired) electrons. The SMILES string of the molecule is CC1(CCCCO[Si](C)(C)C(C)(C)C)O[C@H]1C=O. The summed E-state index contributed by atoms with van der Waals surface area (Å²) < 4.78 is 11.5. The van der Waals surface area contributed by atoms with Crippen LogP contribution < -0.4 is 0 Å². The van der Waals surface area contributed by atoms with Crippen molar-refractivity contribution in [3.8, 4) is 0 Å². The first kappa shape index (κ1) is 15.9. The third kappa shape index (κ3) is 3.90. The summed E-state index contributed by atoms with van der Waals surface area (Å²) in [6.07, 6.45) is 3.81. The van der Waals surface area contributed by atoms with Crippen LogP contribution >= 0.6 is 0 Å². The molecule has 1 fully saturated rings. The smallest absolute Gasteiger partial charge is 0.191 e. The van der Waals surface area contributed by atoms with Crippen LogP contribution in [-0.4, -0.2) is 32.9 Å². The summed E-state index contributed by atoms with van der Waals surface area (Å²) in [5.74, 6) is 0. The van der Waals surface area contributed by atoms with Crippen molar-refractivity contribution in [2.24, 2.45) is 0 Å². The number of unbranched alkanes of at least 4 members (excludes halogenated alkanes) is 1. The molecule has 0 bridgehead atoms. The van der Waals surface area contributed by atoms with Crippen LogP contribution in [0.25, 0.3) is 0 Å². The van der Waals surface area contributed by atoms with Crippen LogP contribution in [0.1, 0.15) is 47.0 Å². The molecule has 1 aliphatic heterocycles. The minimum atomic E-state index is -1.59. The molecule has 1 aliphatic rings. The Kier molecular flexibility index (Phi) is 4.79. The Balaban J connectivity index is 2.15. The lowest BCUT2D eigenvalue weighted by Gasteiger charge is -2.36. The van der Waals surface area contributed by atoms with E-state index in [2.05, 4.69) is 33.9 Å². The Hall–Kier alpha value is -0.193. The highest BCUT2D eigenvalue weighted by Crippen LogP contribution is 2.39. The maximum atomic E-state index is 10.6. The van der Waals surface area contributed by atoms with Gasteiger partial charge in [-0.3, -0.25) is 0 Å². The van der Waals surface area contributed by atoms with Crippen molar-refractivity contribution in [1.82, 2.24) is 0 Å². The van der Waals surface area contributed by atoms with Gasteiger partial charge in [0, 0.05) is 6.61 Å². The van der Waals surface area contributed by atoms with E-state index < -0.39 is 8.32 Å². The fraction of sp³-hybridized carbons (Fsp3) is 0.929. The Morgan fingerprint density at radius 1 is 1.33 bits per heavy atom. The van der Waals surface area contributed by atoms with Crippen molar-refractivity contribution < 1.29 is 14.0 Å². The number of carbonyl (C=O) groups is 1. The predicted molar refractivity (Wildman–Crippen MR) is 76.3 cm³/mol. The van der Waals surface area contributed by atoms with Gasteiger partial charge in [0.25, 0.3) is 0 Å². The van der Waals surface area contributed by atoms with Gasteiger partial charge in [-0.2, -0.15) is 0 Å². The zero-order valence-corrected chi connectivity index (χ0v) is 13.7. The van der Waals surface area contributed by atoms with E-state index in [1.54, 1.807) is 0 Å². The molecule has 0 aromatic carbocycles. The minimum Gasteiger partial charge on any atom is -0.417 e.